The van der Waals surface area contributed by atoms with E-state index in [1.54, 1.807) is 0 Å². The molecular formula is C18H33Al. The van der Waals surface area contributed by atoms with Crippen LogP contribution in [0.3, 0.4) is 0 Å². The Kier molecular flexibility index (Phi) is 15.6. The zero-order valence-corrected chi connectivity index (χ0v) is 14.6. The SMILES string of the molecule is CCC=[CH][Al]([CH]=CCC)[CH]=CCCCCCCCC. The molecule has 0 rings (SSSR count). The quantitative estimate of drug-likeness (QED) is 0.288. The van der Waals surface area contributed by atoms with Crippen molar-refractivity contribution in [2.24, 2.45) is 0 Å². The first-order valence-corrected chi connectivity index (χ1v) is 10.3. The molecule has 0 aliphatic carbocycles. The molecule has 108 valence electrons. The van der Waals surface area contributed by atoms with Gasteiger partial charge in [-0.15, -0.1) is 33.0 Å². The van der Waals surface area contributed by atoms with E-state index in [4.69, 9.17) is 0 Å². The zero-order chi connectivity index (χ0) is 14.2. The Morgan fingerprint density at radius 2 is 1.16 bits per heavy atom. The van der Waals surface area contributed by atoms with Crippen molar-refractivity contribution in [1.29, 1.82) is 0 Å². The van der Waals surface area contributed by atoms with Gasteiger partial charge in [0.15, 0.2) is 0 Å². The summed E-state index contributed by atoms with van der Waals surface area (Å²) in [5, 5.41) is 0. The summed E-state index contributed by atoms with van der Waals surface area (Å²) in [5.74, 6) is 0. The van der Waals surface area contributed by atoms with E-state index in [1.807, 2.05) is 0 Å². The van der Waals surface area contributed by atoms with Crippen molar-refractivity contribution in [2.75, 3.05) is 0 Å². The van der Waals surface area contributed by atoms with Gasteiger partial charge in [-0.25, -0.2) is 0 Å². The lowest BCUT2D eigenvalue weighted by molar-refractivity contribution is 0.611. The Morgan fingerprint density at radius 1 is 0.632 bits per heavy atom. The van der Waals surface area contributed by atoms with Gasteiger partial charge in [0.2, 0.25) is 0 Å². The lowest BCUT2D eigenvalue weighted by Gasteiger charge is -1.98. The topological polar surface area (TPSA) is 0 Å². The van der Waals surface area contributed by atoms with E-state index in [2.05, 4.69) is 53.8 Å². The minimum atomic E-state index is -0.881. The Labute approximate surface area is 126 Å². The fourth-order valence-corrected chi connectivity index (χ4v) is 4.14. The highest BCUT2D eigenvalue weighted by Gasteiger charge is 2.02. The predicted octanol–water partition coefficient (Wildman–Crippen LogP) is 6.34. The number of allylic oxidation sites excluding steroid dienone is 3. The minimum Gasteiger partial charge on any atom is -0.140 e. The molecule has 0 nitrogen and oxygen atoms in total. The summed E-state index contributed by atoms with van der Waals surface area (Å²) < 4.78 is 0. The first-order valence-electron chi connectivity index (χ1n) is 8.35. The molecule has 0 spiro atoms. The molecule has 0 bridgehead atoms. The van der Waals surface area contributed by atoms with Crippen molar-refractivity contribution in [1.82, 2.24) is 0 Å². The second-order valence-electron chi connectivity index (χ2n) is 5.23. The molecule has 0 heterocycles. The van der Waals surface area contributed by atoms with E-state index in [9.17, 15) is 0 Å². The smallest absolute Gasteiger partial charge is 0.140 e. The first-order chi connectivity index (χ1) is 9.35. The summed E-state index contributed by atoms with van der Waals surface area (Å²) in [7, 11) is 0. The third-order valence-electron chi connectivity index (χ3n) is 3.27. The highest BCUT2D eigenvalue weighted by molar-refractivity contribution is 6.74. The van der Waals surface area contributed by atoms with Crippen LogP contribution in [0.1, 0.15) is 78.6 Å². The van der Waals surface area contributed by atoms with Crippen LogP contribution in [-0.2, 0) is 0 Å². The summed E-state index contributed by atoms with van der Waals surface area (Å²) in [4.78, 5) is 7.39. The Balaban J connectivity index is 3.78. The van der Waals surface area contributed by atoms with Crippen LogP contribution in [-0.4, -0.2) is 14.1 Å². The van der Waals surface area contributed by atoms with Crippen molar-refractivity contribution >= 4 is 14.1 Å². The third kappa shape index (κ3) is 14.0. The second kappa shape index (κ2) is 15.8. The van der Waals surface area contributed by atoms with Gasteiger partial charge < -0.3 is 0 Å². The zero-order valence-electron chi connectivity index (χ0n) is 13.4. The summed E-state index contributed by atoms with van der Waals surface area (Å²) >= 11 is -0.881. The van der Waals surface area contributed by atoms with E-state index in [0.29, 0.717) is 0 Å². The van der Waals surface area contributed by atoms with Gasteiger partial charge in [-0.3, -0.25) is 0 Å². The first kappa shape index (κ1) is 18.8. The highest BCUT2D eigenvalue weighted by Crippen LogP contribution is 2.07. The summed E-state index contributed by atoms with van der Waals surface area (Å²) in [5.41, 5.74) is 0. The van der Waals surface area contributed by atoms with Gasteiger partial charge in [-0.2, -0.15) is 0 Å². The largest absolute Gasteiger partial charge is 0.358 e. The molecule has 0 atom stereocenters. The Morgan fingerprint density at radius 3 is 1.74 bits per heavy atom. The van der Waals surface area contributed by atoms with Gasteiger partial charge in [0.25, 0.3) is 0 Å². The van der Waals surface area contributed by atoms with Crippen LogP contribution in [0.25, 0.3) is 0 Å². The maximum absolute atomic E-state index is 2.49. The maximum atomic E-state index is 2.49. The molecule has 0 aromatic carbocycles. The molecule has 0 fully saturated rings. The lowest BCUT2D eigenvalue weighted by Crippen LogP contribution is -2.01. The van der Waals surface area contributed by atoms with Gasteiger partial charge in [-0.05, 0) is 25.7 Å². The summed E-state index contributed by atoms with van der Waals surface area (Å²) in [6.07, 6.45) is 19.1. The van der Waals surface area contributed by atoms with Gasteiger partial charge in [0.05, 0.1) is 0 Å². The fraction of sp³-hybridized carbons (Fsp3) is 0.667. The normalized spacial score (nSPS) is 12.2. The van der Waals surface area contributed by atoms with Gasteiger partial charge in [-0.1, -0.05) is 52.9 Å². The van der Waals surface area contributed by atoms with Gasteiger partial charge in [0, 0.05) is 0 Å². The minimum absolute atomic E-state index is 0.881. The van der Waals surface area contributed by atoms with E-state index in [0.717, 1.165) is 12.8 Å². The fourth-order valence-electron chi connectivity index (χ4n) is 2.07. The molecule has 0 aliphatic heterocycles. The molecular weight excluding hydrogens is 243 g/mol. The van der Waals surface area contributed by atoms with Crippen LogP contribution in [0.4, 0.5) is 0 Å². The van der Waals surface area contributed by atoms with Crippen LogP contribution in [0, 0.1) is 0 Å². The molecule has 19 heavy (non-hydrogen) atoms. The molecule has 0 aromatic heterocycles. The summed E-state index contributed by atoms with van der Waals surface area (Å²) in [6.45, 7) is 6.71. The van der Waals surface area contributed by atoms with E-state index in [1.165, 1.54) is 44.9 Å². The van der Waals surface area contributed by atoms with Gasteiger partial charge in [0.1, 0.15) is 0 Å². The average Bonchev–Trinajstić information content (AvgIpc) is 2.43. The molecule has 1 heteroatoms. The van der Waals surface area contributed by atoms with Crippen molar-refractivity contribution in [3.8, 4) is 0 Å². The van der Waals surface area contributed by atoms with E-state index in [-0.39, 0.29) is 0 Å². The predicted molar refractivity (Wildman–Crippen MR) is 91.7 cm³/mol. The third-order valence-corrected chi connectivity index (χ3v) is 5.42. The molecule has 0 aromatic rings. The van der Waals surface area contributed by atoms with E-state index < -0.39 is 14.1 Å². The number of hydrogen-bond donors (Lipinski definition) is 0. The molecule has 0 N–H and O–H groups in total. The Hall–Kier alpha value is -0.248. The standard InChI is InChI=1S/C10H19.2C4H7.Al/c1-3-5-7-9-10-8-6-4-2;2*1-3-4-2;/h1,3H,4-10H2,2H3;2*1,3H,4H2,2H3;. The van der Waals surface area contributed by atoms with Crippen molar-refractivity contribution in [3.05, 3.63) is 33.0 Å². The van der Waals surface area contributed by atoms with Crippen LogP contribution < -0.4 is 0 Å². The molecule has 0 aliphatic rings. The van der Waals surface area contributed by atoms with Crippen molar-refractivity contribution < 1.29 is 0 Å². The molecule has 0 radical (unpaired) electrons. The molecule has 0 unspecified atom stereocenters. The average molecular weight is 276 g/mol. The summed E-state index contributed by atoms with van der Waals surface area (Å²) in [6, 6.07) is 0. The van der Waals surface area contributed by atoms with Crippen LogP contribution in [0.5, 0.6) is 0 Å². The lowest BCUT2D eigenvalue weighted by atomic mass is 10.1. The van der Waals surface area contributed by atoms with Gasteiger partial charge >= 0.3 is 14.1 Å². The monoisotopic (exact) mass is 276 g/mol. The van der Waals surface area contributed by atoms with E-state index >= 15 is 0 Å². The number of rotatable bonds is 12. The second-order valence-corrected chi connectivity index (χ2v) is 7.54. The number of hydrogen-bond acceptors (Lipinski definition) is 0. The van der Waals surface area contributed by atoms with Crippen molar-refractivity contribution in [2.45, 2.75) is 78.6 Å². The van der Waals surface area contributed by atoms with Crippen LogP contribution in [0.2, 0.25) is 0 Å². The van der Waals surface area contributed by atoms with Crippen LogP contribution >= 0.6 is 0 Å². The highest BCUT2D eigenvalue weighted by atomic mass is 27.2. The molecule has 0 saturated heterocycles. The molecule has 0 saturated carbocycles. The van der Waals surface area contributed by atoms with Crippen LogP contribution in [0.15, 0.2) is 33.0 Å². The Bertz CT molecular complexity index is 236. The maximum Gasteiger partial charge on any atom is 0.358 e. The number of unbranched alkanes of at least 4 members (excludes halogenated alkanes) is 6. The van der Waals surface area contributed by atoms with Crippen molar-refractivity contribution in [3.63, 3.8) is 0 Å². The molecule has 0 amide bonds.